The highest BCUT2D eigenvalue weighted by molar-refractivity contribution is 7.15. The van der Waals surface area contributed by atoms with Crippen molar-refractivity contribution in [3.63, 3.8) is 0 Å². The van der Waals surface area contributed by atoms with Crippen LogP contribution in [0.25, 0.3) is 22.4 Å². The molecule has 6 heteroatoms. The van der Waals surface area contributed by atoms with E-state index in [4.69, 9.17) is 5.73 Å². The Morgan fingerprint density at radius 2 is 2.00 bits per heavy atom. The fourth-order valence-corrected chi connectivity index (χ4v) is 3.85. The van der Waals surface area contributed by atoms with Crippen LogP contribution in [0.3, 0.4) is 0 Å². The SMILES string of the molecule is Nc1[nH+]c2c(s1)Cc1cc(-c3ccccc3[N+](=O)[O-])ccc1-2. The predicted molar refractivity (Wildman–Crippen MR) is 85.6 cm³/mol. The second-order valence-corrected chi connectivity index (χ2v) is 6.35. The van der Waals surface area contributed by atoms with Gasteiger partial charge in [-0.3, -0.25) is 15.8 Å². The smallest absolute Gasteiger partial charge is 0.278 e. The highest BCUT2D eigenvalue weighted by Gasteiger charge is 2.26. The topological polar surface area (TPSA) is 83.3 Å². The van der Waals surface area contributed by atoms with Crippen molar-refractivity contribution in [1.29, 1.82) is 0 Å². The fourth-order valence-electron chi connectivity index (χ4n) is 2.95. The fraction of sp³-hybridized carbons (Fsp3) is 0.0625. The van der Waals surface area contributed by atoms with Crippen molar-refractivity contribution < 1.29 is 9.91 Å². The molecular weight excluding hydrogens is 298 g/mol. The molecule has 5 nitrogen and oxygen atoms in total. The number of nitrogen functional groups attached to an aromatic ring is 1. The van der Waals surface area contributed by atoms with E-state index in [0.717, 1.165) is 23.2 Å². The first-order chi connectivity index (χ1) is 10.6. The molecule has 0 atom stereocenters. The number of nitro groups is 1. The maximum absolute atomic E-state index is 11.2. The summed E-state index contributed by atoms with van der Waals surface area (Å²) >= 11 is 1.56. The highest BCUT2D eigenvalue weighted by Crippen LogP contribution is 2.40. The predicted octanol–water partition coefficient (Wildman–Crippen LogP) is 3.29. The van der Waals surface area contributed by atoms with Gasteiger partial charge >= 0.3 is 5.13 Å². The van der Waals surface area contributed by atoms with Gasteiger partial charge in [0.2, 0.25) is 0 Å². The van der Waals surface area contributed by atoms with Crippen molar-refractivity contribution in [1.82, 2.24) is 0 Å². The van der Waals surface area contributed by atoms with Crippen LogP contribution >= 0.6 is 11.3 Å². The summed E-state index contributed by atoms with van der Waals surface area (Å²) in [6.07, 6.45) is 0.817. The van der Waals surface area contributed by atoms with Gasteiger partial charge in [0.05, 0.1) is 15.4 Å². The minimum absolute atomic E-state index is 0.131. The molecule has 1 aliphatic rings. The molecule has 4 rings (SSSR count). The standard InChI is InChI=1S/C16H11N3O2S/c17-16-18-15-12-6-5-9(7-10(12)8-14(15)22-16)11-3-1-2-4-13(11)19(20)21/h1-7H,8H2,(H2,17,18)/p+1. The molecule has 0 amide bonds. The molecule has 0 bridgehead atoms. The third-order valence-corrected chi connectivity index (χ3v) is 4.81. The molecule has 0 aliphatic heterocycles. The monoisotopic (exact) mass is 310 g/mol. The van der Waals surface area contributed by atoms with Crippen molar-refractivity contribution in [2.24, 2.45) is 0 Å². The average Bonchev–Trinajstić information content (AvgIpc) is 3.02. The number of nitrogens with zero attached hydrogens (tertiary/aromatic N) is 1. The van der Waals surface area contributed by atoms with Gasteiger partial charge in [-0.1, -0.05) is 29.5 Å². The van der Waals surface area contributed by atoms with E-state index in [9.17, 15) is 10.1 Å². The quantitative estimate of drug-likeness (QED) is 0.455. The van der Waals surface area contributed by atoms with Crippen LogP contribution in [0.2, 0.25) is 0 Å². The van der Waals surface area contributed by atoms with Crippen LogP contribution in [0.4, 0.5) is 10.8 Å². The zero-order valence-corrected chi connectivity index (χ0v) is 12.3. The molecule has 3 aromatic rings. The lowest BCUT2D eigenvalue weighted by atomic mass is 9.99. The van der Waals surface area contributed by atoms with E-state index in [0.29, 0.717) is 10.7 Å². The van der Waals surface area contributed by atoms with E-state index in [-0.39, 0.29) is 10.6 Å². The number of fused-ring (bicyclic) bond motifs is 3. The number of benzene rings is 2. The summed E-state index contributed by atoms with van der Waals surface area (Å²) in [6.45, 7) is 0. The average molecular weight is 310 g/mol. The van der Waals surface area contributed by atoms with Gasteiger partial charge in [-0.15, -0.1) is 0 Å². The van der Waals surface area contributed by atoms with E-state index in [1.807, 2.05) is 24.3 Å². The van der Waals surface area contributed by atoms with Crippen LogP contribution in [0.5, 0.6) is 0 Å². The number of hydrogen-bond donors (Lipinski definition) is 1. The number of nitrogens with one attached hydrogen (secondary N) is 1. The van der Waals surface area contributed by atoms with Gasteiger partial charge in [-0.2, -0.15) is 0 Å². The molecule has 22 heavy (non-hydrogen) atoms. The van der Waals surface area contributed by atoms with Crippen molar-refractivity contribution in [2.45, 2.75) is 6.42 Å². The van der Waals surface area contributed by atoms with Gasteiger partial charge in [-0.05, 0) is 29.3 Å². The van der Waals surface area contributed by atoms with Gasteiger partial charge in [0.1, 0.15) is 5.69 Å². The second kappa shape index (κ2) is 4.64. The van der Waals surface area contributed by atoms with Crippen molar-refractivity contribution in [3.8, 4) is 22.4 Å². The first-order valence-corrected chi connectivity index (χ1v) is 7.62. The van der Waals surface area contributed by atoms with E-state index in [1.54, 1.807) is 23.5 Å². The largest absolute Gasteiger partial charge is 0.330 e. The lowest BCUT2D eigenvalue weighted by molar-refractivity contribution is -0.384. The number of aromatic amines is 1. The minimum Gasteiger partial charge on any atom is -0.278 e. The summed E-state index contributed by atoms with van der Waals surface area (Å²) in [6, 6.07) is 12.8. The molecule has 0 unspecified atom stereocenters. The number of nitrogens with two attached hydrogens (primary N) is 1. The molecule has 108 valence electrons. The molecule has 1 aromatic heterocycles. The van der Waals surface area contributed by atoms with Crippen LogP contribution < -0.4 is 10.7 Å². The number of thiazole rings is 1. The van der Waals surface area contributed by atoms with Crippen LogP contribution in [0, 0.1) is 10.1 Å². The Kier molecular flexibility index (Phi) is 2.74. The van der Waals surface area contributed by atoms with Gasteiger partial charge in [0, 0.05) is 18.1 Å². The summed E-state index contributed by atoms with van der Waals surface area (Å²) in [4.78, 5) is 15.3. The molecule has 2 aromatic carbocycles. The normalized spacial score (nSPS) is 12.0. The Morgan fingerprint density at radius 3 is 2.82 bits per heavy atom. The maximum Gasteiger partial charge on any atom is 0.330 e. The molecule has 0 saturated heterocycles. The van der Waals surface area contributed by atoms with Crippen LogP contribution in [0.15, 0.2) is 42.5 Å². The zero-order chi connectivity index (χ0) is 15.3. The molecule has 0 spiro atoms. The molecule has 1 heterocycles. The second-order valence-electron chi connectivity index (χ2n) is 5.21. The molecular formula is C16H12N3O2S+. The van der Waals surface area contributed by atoms with Crippen LogP contribution in [-0.4, -0.2) is 4.92 Å². The number of H-pyrrole nitrogens is 1. The van der Waals surface area contributed by atoms with Crippen LogP contribution in [-0.2, 0) is 6.42 Å². The Morgan fingerprint density at radius 1 is 1.18 bits per heavy atom. The number of nitro benzene ring substituents is 1. The molecule has 0 fully saturated rings. The van der Waals surface area contributed by atoms with E-state index >= 15 is 0 Å². The van der Waals surface area contributed by atoms with Gasteiger partial charge in [-0.25, -0.2) is 4.98 Å². The molecule has 3 N–H and O–H groups in total. The van der Waals surface area contributed by atoms with E-state index in [2.05, 4.69) is 4.98 Å². The first-order valence-electron chi connectivity index (χ1n) is 6.81. The number of aromatic nitrogens is 1. The number of hydrogen-bond acceptors (Lipinski definition) is 4. The third kappa shape index (κ3) is 1.88. The van der Waals surface area contributed by atoms with Crippen LogP contribution in [0.1, 0.15) is 10.4 Å². The van der Waals surface area contributed by atoms with E-state index < -0.39 is 0 Å². The van der Waals surface area contributed by atoms with Gasteiger partial charge in [0.25, 0.3) is 5.69 Å². The van der Waals surface area contributed by atoms with Gasteiger partial charge < -0.3 is 0 Å². The maximum atomic E-state index is 11.2. The number of anilines is 1. The summed E-state index contributed by atoms with van der Waals surface area (Å²) in [7, 11) is 0. The molecule has 0 radical (unpaired) electrons. The van der Waals surface area contributed by atoms with Gasteiger partial charge in [0.15, 0.2) is 0 Å². The van der Waals surface area contributed by atoms with Crippen molar-refractivity contribution in [3.05, 3.63) is 63.0 Å². The third-order valence-electron chi connectivity index (χ3n) is 3.90. The number of rotatable bonds is 2. The van der Waals surface area contributed by atoms with E-state index in [1.165, 1.54) is 16.5 Å². The Labute approximate surface area is 130 Å². The summed E-state index contributed by atoms with van der Waals surface area (Å²) in [5, 5.41) is 11.9. The summed E-state index contributed by atoms with van der Waals surface area (Å²) in [5.74, 6) is 0. The Balaban J connectivity index is 1.83. The highest BCUT2D eigenvalue weighted by atomic mass is 32.1. The Hall–Kier alpha value is -2.73. The first kappa shape index (κ1) is 13.0. The Bertz CT molecular complexity index is 918. The van der Waals surface area contributed by atoms with Crippen molar-refractivity contribution in [2.75, 3.05) is 5.73 Å². The zero-order valence-electron chi connectivity index (χ0n) is 11.5. The lowest BCUT2D eigenvalue weighted by Crippen LogP contribution is -2.06. The minimum atomic E-state index is -0.339. The summed E-state index contributed by atoms with van der Waals surface area (Å²) < 4.78 is 0. The molecule has 0 saturated carbocycles. The molecule has 1 aliphatic carbocycles. The lowest BCUT2D eigenvalue weighted by Gasteiger charge is -2.05. The number of para-hydroxylation sites is 1. The summed E-state index contributed by atoms with van der Waals surface area (Å²) in [5.41, 5.74) is 10.8. The van der Waals surface area contributed by atoms with Crippen molar-refractivity contribution >= 4 is 22.2 Å².